The highest BCUT2D eigenvalue weighted by Crippen LogP contribution is 2.20. The van der Waals surface area contributed by atoms with Gasteiger partial charge >= 0.3 is 5.97 Å². The van der Waals surface area contributed by atoms with Crippen LogP contribution in [0.1, 0.15) is 21.5 Å². The fraction of sp³-hybridized carbons (Fsp3) is 0.185. The molecule has 8 heteroatoms. The van der Waals surface area contributed by atoms with Gasteiger partial charge < -0.3 is 10.1 Å². The van der Waals surface area contributed by atoms with Crippen molar-refractivity contribution in [3.8, 4) is 0 Å². The van der Waals surface area contributed by atoms with Crippen LogP contribution in [0.15, 0.2) is 88.8 Å². The summed E-state index contributed by atoms with van der Waals surface area (Å²) < 4.78 is 6.39. The molecule has 0 radical (unpaired) electrons. The van der Waals surface area contributed by atoms with Crippen LogP contribution in [0.5, 0.6) is 0 Å². The highest BCUT2D eigenvalue weighted by Gasteiger charge is 2.16. The molecule has 4 aromatic rings. The Morgan fingerprint density at radius 1 is 0.971 bits per heavy atom. The minimum atomic E-state index is -0.503. The number of hydrogen-bond acceptors (Lipinski definition) is 6. The Kier molecular flexibility index (Phi) is 7.95. The van der Waals surface area contributed by atoms with Crippen molar-refractivity contribution in [3.63, 3.8) is 0 Å². The van der Waals surface area contributed by atoms with E-state index in [1.807, 2.05) is 60.7 Å². The zero-order chi connectivity index (χ0) is 24.6. The summed E-state index contributed by atoms with van der Waals surface area (Å²) in [6.07, 6.45) is 0.641. The minimum Gasteiger partial charge on any atom is -0.465 e. The van der Waals surface area contributed by atoms with Crippen LogP contribution >= 0.6 is 11.8 Å². The molecule has 3 aromatic carbocycles. The third-order valence-corrected chi connectivity index (χ3v) is 6.45. The number of aryl methyl sites for hydroxylation is 1. The first-order valence-corrected chi connectivity index (χ1v) is 12.1. The van der Waals surface area contributed by atoms with Gasteiger partial charge in [0.25, 0.3) is 5.56 Å². The SMILES string of the molecule is COC(=O)c1ccc2c(=O)n(CCc3ccccc3)c(SCC(=O)NCc3ccccc3)nc2c1. The molecule has 1 amide bonds. The summed E-state index contributed by atoms with van der Waals surface area (Å²) in [5.74, 6) is -0.560. The van der Waals surface area contributed by atoms with E-state index in [0.29, 0.717) is 41.1 Å². The standard InChI is InChI=1S/C27H25N3O4S/c1-34-26(33)21-12-13-22-23(16-21)29-27(30(25(22)32)15-14-19-8-4-2-5-9-19)35-18-24(31)28-17-20-10-6-3-7-11-20/h2-13,16H,14-15,17-18H2,1H3,(H,28,31). The van der Waals surface area contributed by atoms with Gasteiger partial charge in [-0.15, -0.1) is 0 Å². The lowest BCUT2D eigenvalue weighted by Crippen LogP contribution is -2.27. The molecule has 0 unspecified atom stereocenters. The predicted molar refractivity (Wildman–Crippen MR) is 137 cm³/mol. The number of amides is 1. The number of benzene rings is 3. The summed E-state index contributed by atoms with van der Waals surface area (Å²) >= 11 is 1.20. The van der Waals surface area contributed by atoms with Crippen molar-refractivity contribution in [1.82, 2.24) is 14.9 Å². The van der Waals surface area contributed by atoms with E-state index >= 15 is 0 Å². The van der Waals surface area contributed by atoms with Crippen LogP contribution in [0, 0.1) is 0 Å². The lowest BCUT2D eigenvalue weighted by molar-refractivity contribution is -0.118. The number of nitrogens with one attached hydrogen (secondary N) is 1. The van der Waals surface area contributed by atoms with Crippen molar-refractivity contribution in [2.75, 3.05) is 12.9 Å². The molecule has 0 bridgehead atoms. The lowest BCUT2D eigenvalue weighted by Gasteiger charge is -2.14. The van der Waals surface area contributed by atoms with Crippen molar-refractivity contribution >= 4 is 34.5 Å². The average molecular weight is 488 g/mol. The van der Waals surface area contributed by atoms with E-state index < -0.39 is 5.97 Å². The Morgan fingerprint density at radius 3 is 2.34 bits per heavy atom. The Hall–Kier alpha value is -3.91. The molecule has 0 spiro atoms. The highest BCUT2D eigenvalue weighted by atomic mass is 32.2. The van der Waals surface area contributed by atoms with Gasteiger partial charge in [-0.05, 0) is 35.7 Å². The second-order valence-corrected chi connectivity index (χ2v) is 8.80. The van der Waals surface area contributed by atoms with E-state index in [9.17, 15) is 14.4 Å². The van der Waals surface area contributed by atoms with Crippen LogP contribution in [-0.2, 0) is 29.0 Å². The topological polar surface area (TPSA) is 90.3 Å². The third kappa shape index (κ3) is 6.16. The van der Waals surface area contributed by atoms with Crippen molar-refractivity contribution in [2.45, 2.75) is 24.7 Å². The maximum absolute atomic E-state index is 13.4. The molecule has 0 aliphatic rings. The Morgan fingerprint density at radius 2 is 1.66 bits per heavy atom. The molecule has 1 N–H and O–H groups in total. The minimum absolute atomic E-state index is 0.104. The Bertz CT molecular complexity index is 1390. The van der Waals surface area contributed by atoms with Crippen molar-refractivity contribution in [3.05, 3.63) is 106 Å². The summed E-state index contributed by atoms with van der Waals surface area (Å²) in [7, 11) is 1.30. The summed E-state index contributed by atoms with van der Waals surface area (Å²) in [6.45, 7) is 0.840. The molecular formula is C27H25N3O4S. The molecule has 0 atom stereocenters. The van der Waals surface area contributed by atoms with Crippen LogP contribution in [0.4, 0.5) is 0 Å². The van der Waals surface area contributed by atoms with E-state index in [2.05, 4.69) is 10.3 Å². The summed E-state index contributed by atoms with van der Waals surface area (Å²) in [6, 6.07) is 24.2. The van der Waals surface area contributed by atoms with E-state index in [4.69, 9.17) is 4.74 Å². The first-order valence-electron chi connectivity index (χ1n) is 11.2. The molecule has 1 aromatic heterocycles. The van der Waals surface area contributed by atoms with Gasteiger partial charge in [-0.2, -0.15) is 0 Å². The Balaban J connectivity index is 1.59. The molecule has 0 saturated carbocycles. The molecule has 7 nitrogen and oxygen atoms in total. The molecule has 0 fully saturated rings. The number of aromatic nitrogens is 2. The van der Waals surface area contributed by atoms with Crippen molar-refractivity contribution in [2.24, 2.45) is 0 Å². The van der Waals surface area contributed by atoms with Gasteiger partial charge in [0, 0.05) is 13.1 Å². The summed E-state index contributed by atoms with van der Waals surface area (Å²) in [5.41, 5.74) is 2.59. The number of fused-ring (bicyclic) bond motifs is 1. The van der Waals surface area contributed by atoms with Crippen molar-refractivity contribution < 1.29 is 14.3 Å². The predicted octanol–water partition coefficient (Wildman–Crippen LogP) is 3.83. The second-order valence-electron chi connectivity index (χ2n) is 7.86. The number of hydrogen-bond donors (Lipinski definition) is 1. The number of methoxy groups -OCH3 is 1. The lowest BCUT2D eigenvalue weighted by atomic mass is 10.1. The number of nitrogens with zero attached hydrogens (tertiary/aromatic N) is 2. The van der Waals surface area contributed by atoms with Gasteiger partial charge in [0.15, 0.2) is 5.16 Å². The van der Waals surface area contributed by atoms with E-state index in [0.717, 1.165) is 11.1 Å². The molecular weight excluding hydrogens is 462 g/mol. The maximum atomic E-state index is 13.4. The monoisotopic (exact) mass is 487 g/mol. The number of ether oxygens (including phenoxy) is 1. The van der Waals surface area contributed by atoms with E-state index in [1.165, 1.54) is 18.9 Å². The summed E-state index contributed by atoms with van der Waals surface area (Å²) in [4.78, 5) is 42.5. The van der Waals surface area contributed by atoms with Crippen LogP contribution in [0.2, 0.25) is 0 Å². The number of esters is 1. The first kappa shape index (κ1) is 24.2. The van der Waals surface area contributed by atoms with Gasteiger partial charge in [-0.3, -0.25) is 14.2 Å². The van der Waals surface area contributed by atoms with Gasteiger partial charge in [-0.1, -0.05) is 72.4 Å². The first-order chi connectivity index (χ1) is 17.0. The van der Waals surface area contributed by atoms with Crippen LogP contribution in [0.25, 0.3) is 10.9 Å². The fourth-order valence-corrected chi connectivity index (χ4v) is 4.47. The van der Waals surface area contributed by atoms with E-state index in [1.54, 1.807) is 22.8 Å². The van der Waals surface area contributed by atoms with Gasteiger partial charge in [0.2, 0.25) is 5.91 Å². The Labute approximate surface area is 207 Å². The second kappa shape index (κ2) is 11.5. The van der Waals surface area contributed by atoms with Gasteiger partial charge in [0.05, 0.1) is 29.3 Å². The number of rotatable bonds is 9. The zero-order valence-electron chi connectivity index (χ0n) is 19.3. The zero-order valence-corrected chi connectivity index (χ0v) is 20.1. The van der Waals surface area contributed by atoms with Crippen LogP contribution in [-0.4, -0.2) is 34.3 Å². The molecule has 0 saturated heterocycles. The largest absolute Gasteiger partial charge is 0.465 e. The van der Waals surface area contributed by atoms with Crippen LogP contribution < -0.4 is 10.9 Å². The molecule has 4 rings (SSSR count). The molecule has 0 aliphatic heterocycles. The van der Waals surface area contributed by atoms with Gasteiger partial charge in [-0.25, -0.2) is 9.78 Å². The van der Waals surface area contributed by atoms with E-state index in [-0.39, 0.29) is 17.2 Å². The van der Waals surface area contributed by atoms with Gasteiger partial charge in [0.1, 0.15) is 0 Å². The molecule has 35 heavy (non-hydrogen) atoms. The smallest absolute Gasteiger partial charge is 0.337 e. The molecule has 1 heterocycles. The number of thioether (sulfide) groups is 1. The number of carbonyl (C=O) groups is 2. The van der Waals surface area contributed by atoms with Crippen molar-refractivity contribution in [1.29, 1.82) is 0 Å². The highest BCUT2D eigenvalue weighted by molar-refractivity contribution is 7.99. The van der Waals surface area contributed by atoms with Crippen LogP contribution in [0.3, 0.4) is 0 Å². The summed E-state index contributed by atoms with van der Waals surface area (Å²) in [5, 5.41) is 3.73. The average Bonchev–Trinajstić information content (AvgIpc) is 2.90. The maximum Gasteiger partial charge on any atom is 0.337 e. The quantitative estimate of drug-likeness (QED) is 0.219. The normalized spacial score (nSPS) is 10.8. The molecule has 178 valence electrons. The molecule has 0 aliphatic carbocycles. The number of carbonyl (C=O) groups excluding carboxylic acids is 2. The fourth-order valence-electron chi connectivity index (χ4n) is 3.62. The third-order valence-electron chi connectivity index (χ3n) is 5.47.